The Labute approximate surface area is 119 Å². The van der Waals surface area contributed by atoms with Gasteiger partial charge in [-0.15, -0.1) is 0 Å². The van der Waals surface area contributed by atoms with E-state index in [1.54, 1.807) is 0 Å². The van der Waals surface area contributed by atoms with E-state index < -0.39 is 0 Å². The van der Waals surface area contributed by atoms with Crippen molar-refractivity contribution in [3.63, 3.8) is 0 Å². The van der Waals surface area contributed by atoms with Gasteiger partial charge in [0.1, 0.15) is 0 Å². The summed E-state index contributed by atoms with van der Waals surface area (Å²) in [5, 5.41) is 8.72. The number of hydrogen-bond acceptors (Lipinski definition) is 2. The summed E-state index contributed by atoms with van der Waals surface area (Å²) in [6.45, 7) is 2.60. The smallest absolute Gasteiger partial charge is 0.0841 e. The van der Waals surface area contributed by atoms with Crippen LogP contribution in [0.3, 0.4) is 0 Å². The molecule has 0 aromatic rings. The molecule has 2 atom stereocenters. The molecule has 2 heteroatoms. The quantitative estimate of drug-likeness (QED) is 0.362. The largest absolute Gasteiger partial charge is 0.396 e. The van der Waals surface area contributed by atoms with Crippen molar-refractivity contribution in [1.82, 2.24) is 0 Å². The van der Waals surface area contributed by atoms with Crippen molar-refractivity contribution in [2.75, 3.05) is 6.61 Å². The third-order valence-corrected chi connectivity index (χ3v) is 4.18. The van der Waals surface area contributed by atoms with E-state index in [0.29, 0.717) is 18.8 Å². The zero-order valence-electron chi connectivity index (χ0n) is 12.9. The van der Waals surface area contributed by atoms with Crippen molar-refractivity contribution in [2.45, 2.75) is 103 Å². The highest BCUT2D eigenvalue weighted by atomic mass is 16.6. The van der Waals surface area contributed by atoms with Crippen LogP contribution in [0.5, 0.6) is 0 Å². The average molecular weight is 270 g/mol. The molecule has 0 aromatic carbocycles. The number of ether oxygens (including phenoxy) is 1. The topological polar surface area (TPSA) is 32.8 Å². The summed E-state index contributed by atoms with van der Waals surface area (Å²) in [6, 6.07) is 0. The second-order valence-electron chi connectivity index (χ2n) is 6.05. The number of rotatable bonds is 14. The van der Waals surface area contributed by atoms with Gasteiger partial charge in [0.25, 0.3) is 0 Å². The van der Waals surface area contributed by atoms with E-state index in [0.717, 1.165) is 19.3 Å². The van der Waals surface area contributed by atoms with Crippen LogP contribution in [0.4, 0.5) is 0 Å². The first-order valence-corrected chi connectivity index (χ1v) is 8.64. The summed E-state index contributed by atoms with van der Waals surface area (Å²) in [6.07, 6.45) is 18.2. The molecule has 1 aliphatic heterocycles. The van der Waals surface area contributed by atoms with E-state index in [1.165, 1.54) is 64.2 Å². The molecule has 0 bridgehead atoms. The summed E-state index contributed by atoms with van der Waals surface area (Å²) >= 11 is 0. The van der Waals surface area contributed by atoms with Crippen LogP contribution in [0.2, 0.25) is 0 Å². The van der Waals surface area contributed by atoms with E-state index in [4.69, 9.17) is 9.84 Å². The van der Waals surface area contributed by atoms with Gasteiger partial charge in [0.05, 0.1) is 12.2 Å². The Morgan fingerprint density at radius 3 is 1.68 bits per heavy atom. The Kier molecular flexibility index (Phi) is 10.5. The van der Waals surface area contributed by atoms with Crippen LogP contribution in [-0.2, 0) is 4.74 Å². The predicted molar refractivity (Wildman–Crippen MR) is 81.4 cm³/mol. The second kappa shape index (κ2) is 11.7. The lowest BCUT2D eigenvalue weighted by Crippen LogP contribution is -1.95. The first-order valence-electron chi connectivity index (χ1n) is 8.64. The molecular weight excluding hydrogens is 236 g/mol. The summed E-state index contributed by atoms with van der Waals surface area (Å²) in [5.74, 6) is 0. The first kappa shape index (κ1) is 17.0. The Bertz CT molecular complexity index is 194. The summed E-state index contributed by atoms with van der Waals surface area (Å²) in [4.78, 5) is 0. The highest BCUT2D eigenvalue weighted by molar-refractivity contribution is 4.84. The van der Waals surface area contributed by atoms with Crippen LogP contribution < -0.4 is 0 Å². The van der Waals surface area contributed by atoms with Crippen molar-refractivity contribution < 1.29 is 9.84 Å². The van der Waals surface area contributed by atoms with E-state index in [2.05, 4.69) is 6.92 Å². The SMILES string of the molecule is CCCCCCCCCCCC1OC1CCCCO. The predicted octanol–water partition coefficient (Wildman–Crippen LogP) is 4.84. The average Bonchev–Trinajstić information content (AvgIpc) is 3.16. The van der Waals surface area contributed by atoms with Crippen molar-refractivity contribution in [1.29, 1.82) is 0 Å². The molecule has 0 spiro atoms. The van der Waals surface area contributed by atoms with E-state index >= 15 is 0 Å². The van der Waals surface area contributed by atoms with Crippen LogP contribution in [0.1, 0.15) is 90.4 Å². The third-order valence-electron chi connectivity index (χ3n) is 4.18. The van der Waals surface area contributed by atoms with Gasteiger partial charge in [0, 0.05) is 6.61 Å². The molecule has 1 aliphatic rings. The third kappa shape index (κ3) is 9.45. The van der Waals surface area contributed by atoms with Gasteiger partial charge in [-0.05, 0) is 25.7 Å². The molecule has 1 N–H and O–H groups in total. The molecule has 114 valence electrons. The zero-order valence-corrected chi connectivity index (χ0v) is 12.9. The molecule has 1 saturated heterocycles. The fourth-order valence-electron chi connectivity index (χ4n) is 2.80. The number of aliphatic hydroxyl groups excluding tert-OH is 1. The molecule has 2 unspecified atom stereocenters. The Hall–Kier alpha value is -0.0800. The zero-order chi connectivity index (χ0) is 13.8. The van der Waals surface area contributed by atoms with Crippen molar-refractivity contribution in [3.05, 3.63) is 0 Å². The number of epoxide rings is 1. The van der Waals surface area contributed by atoms with Crippen LogP contribution in [0.15, 0.2) is 0 Å². The lowest BCUT2D eigenvalue weighted by Gasteiger charge is -2.01. The second-order valence-corrected chi connectivity index (χ2v) is 6.05. The molecule has 0 aliphatic carbocycles. The molecule has 0 radical (unpaired) electrons. The fourth-order valence-corrected chi connectivity index (χ4v) is 2.80. The summed E-state index contributed by atoms with van der Waals surface area (Å²) < 4.78 is 5.65. The molecule has 2 nitrogen and oxygen atoms in total. The molecule has 19 heavy (non-hydrogen) atoms. The van der Waals surface area contributed by atoms with Crippen LogP contribution in [0, 0.1) is 0 Å². The molecule has 0 aromatic heterocycles. The van der Waals surface area contributed by atoms with E-state index in [9.17, 15) is 0 Å². The standard InChI is InChI=1S/C17H34O2/c1-2-3-4-5-6-7-8-9-10-13-16-17(19-16)14-11-12-15-18/h16-18H,2-15H2,1H3. The van der Waals surface area contributed by atoms with Crippen LogP contribution in [0.25, 0.3) is 0 Å². The fraction of sp³-hybridized carbons (Fsp3) is 1.00. The molecule has 0 saturated carbocycles. The van der Waals surface area contributed by atoms with Gasteiger partial charge in [-0.25, -0.2) is 0 Å². The van der Waals surface area contributed by atoms with Crippen molar-refractivity contribution in [3.8, 4) is 0 Å². The van der Waals surface area contributed by atoms with Crippen LogP contribution in [-0.4, -0.2) is 23.9 Å². The maximum Gasteiger partial charge on any atom is 0.0841 e. The van der Waals surface area contributed by atoms with Gasteiger partial charge in [-0.1, -0.05) is 64.7 Å². The normalized spacial score (nSPS) is 21.8. The van der Waals surface area contributed by atoms with Crippen molar-refractivity contribution >= 4 is 0 Å². The Morgan fingerprint density at radius 2 is 1.16 bits per heavy atom. The minimum atomic E-state index is 0.329. The van der Waals surface area contributed by atoms with Gasteiger partial charge in [-0.2, -0.15) is 0 Å². The summed E-state index contributed by atoms with van der Waals surface area (Å²) in [5.41, 5.74) is 0. The minimum absolute atomic E-state index is 0.329. The number of hydrogen-bond donors (Lipinski definition) is 1. The molecule has 1 rings (SSSR count). The van der Waals surface area contributed by atoms with Crippen molar-refractivity contribution in [2.24, 2.45) is 0 Å². The van der Waals surface area contributed by atoms with E-state index in [-0.39, 0.29) is 0 Å². The lowest BCUT2D eigenvalue weighted by molar-refractivity contribution is 0.278. The number of unbranched alkanes of at least 4 members (excludes halogenated alkanes) is 9. The minimum Gasteiger partial charge on any atom is -0.396 e. The molecule has 0 amide bonds. The van der Waals surface area contributed by atoms with Gasteiger partial charge in [0.2, 0.25) is 0 Å². The highest BCUT2D eigenvalue weighted by Crippen LogP contribution is 2.31. The summed E-state index contributed by atoms with van der Waals surface area (Å²) in [7, 11) is 0. The number of aliphatic hydroxyl groups is 1. The van der Waals surface area contributed by atoms with Gasteiger partial charge in [0.15, 0.2) is 0 Å². The Balaban J connectivity index is 1.73. The maximum absolute atomic E-state index is 8.72. The lowest BCUT2D eigenvalue weighted by atomic mass is 10.0. The molecular formula is C17H34O2. The monoisotopic (exact) mass is 270 g/mol. The van der Waals surface area contributed by atoms with Crippen LogP contribution >= 0.6 is 0 Å². The van der Waals surface area contributed by atoms with Gasteiger partial charge < -0.3 is 9.84 Å². The van der Waals surface area contributed by atoms with E-state index in [1.807, 2.05) is 0 Å². The maximum atomic E-state index is 8.72. The first-order chi connectivity index (χ1) is 9.38. The molecule has 1 fully saturated rings. The molecule has 1 heterocycles. The highest BCUT2D eigenvalue weighted by Gasteiger charge is 2.36. The Morgan fingerprint density at radius 1 is 0.684 bits per heavy atom. The van der Waals surface area contributed by atoms with Gasteiger partial charge in [-0.3, -0.25) is 0 Å². The van der Waals surface area contributed by atoms with Gasteiger partial charge >= 0.3 is 0 Å².